The highest BCUT2D eigenvalue weighted by molar-refractivity contribution is 5.76. The van der Waals surface area contributed by atoms with E-state index in [2.05, 4.69) is 15.0 Å². The minimum atomic E-state index is -4.38. The number of H-pyrrole nitrogens is 1. The highest BCUT2D eigenvalue weighted by Crippen LogP contribution is 2.35. The van der Waals surface area contributed by atoms with E-state index in [0.29, 0.717) is 25.2 Å². The Morgan fingerprint density at radius 3 is 2.79 bits per heavy atom. The Morgan fingerprint density at radius 2 is 1.97 bits per heavy atom. The molecule has 7 nitrogen and oxygen atoms in total. The number of hydrogen-bond donors (Lipinski definition) is 1. The maximum Gasteiger partial charge on any atom is 0.408 e. The van der Waals surface area contributed by atoms with Gasteiger partial charge in [-0.25, -0.2) is 14.8 Å². The molecule has 0 aliphatic carbocycles. The predicted octanol–water partition coefficient (Wildman–Crippen LogP) is 3.54. The summed E-state index contributed by atoms with van der Waals surface area (Å²) in [6.45, 7) is 1.03. The number of amides is 2. The number of alkyl halides is 3. The minimum Gasteiger partial charge on any atom is -0.345 e. The highest BCUT2D eigenvalue weighted by Gasteiger charge is 2.48. The van der Waals surface area contributed by atoms with Crippen LogP contribution in [0.3, 0.4) is 0 Å². The van der Waals surface area contributed by atoms with Gasteiger partial charge in [-0.05, 0) is 31.7 Å². The molecule has 1 N–H and O–H groups in total. The van der Waals surface area contributed by atoms with Crippen molar-refractivity contribution < 1.29 is 18.0 Å². The summed E-state index contributed by atoms with van der Waals surface area (Å²) < 4.78 is 41.9. The van der Waals surface area contributed by atoms with Crippen molar-refractivity contribution in [3.63, 3.8) is 0 Å². The molecule has 154 valence electrons. The first kappa shape index (κ1) is 18.3. The van der Waals surface area contributed by atoms with Crippen LogP contribution in [0.4, 0.5) is 18.0 Å². The van der Waals surface area contributed by atoms with Gasteiger partial charge in [0.1, 0.15) is 6.04 Å². The number of carbonyl (C=O) groups is 1. The third-order valence-electron chi connectivity index (χ3n) is 6.06. The molecule has 0 radical (unpaired) electrons. The number of likely N-dealkylation sites (tertiary alicyclic amines) is 2. The molecule has 10 heteroatoms. The van der Waals surface area contributed by atoms with Gasteiger partial charge < -0.3 is 14.8 Å². The number of halogens is 3. The molecule has 0 bridgehead atoms. The first-order chi connectivity index (χ1) is 13.9. The maximum absolute atomic E-state index is 13.3. The molecule has 0 aromatic carbocycles. The second-order valence-corrected chi connectivity index (χ2v) is 7.81. The number of rotatable bonds is 1. The Bertz CT molecular complexity index is 1060. The average Bonchev–Trinajstić information content (AvgIpc) is 3.44. The van der Waals surface area contributed by atoms with Crippen LogP contribution in [-0.4, -0.2) is 67.0 Å². The van der Waals surface area contributed by atoms with E-state index >= 15 is 0 Å². The third-order valence-corrected chi connectivity index (χ3v) is 6.06. The molecule has 2 saturated heterocycles. The molecular weight excluding hydrogens is 385 g/mol. The van der Waals surface area contributed by atoms with E-state index in [-0.39, 0.29) is 18.9 Å². The van der Waals surface area contributed by atoms with Crippen molar-refractivity contribution in [2.75, 3.05) is 19.6 Å². The van der Waals surface area contributed by atoms with Gasteiger partial charge in [-0.3, -0.25) is 4.40 Å². The molecule has 2 atom stereocenters. The number of fused-ring (bicyclic) bond motifs is 3. The van der Waals surface area contributed by atoms with E-state index in [1.165, 1.54) is 0 Å². The number of carbonyl (C=O) groups excluding carboxylic acids is 1. The van der Waals surface area contributed by atoms with E-state index in [4.69, 9.17) is 0 Å². The van der Waals surface area contributed by atoms with Crippen molar-refractivity contribution in [2.45, 2.75) is 43.8 Å². The number of nitrogens with zero attached hydrogens (tertiary/aromatic N) is 5. The van der Waals surface area contributed by atoms with Gasteiger partial charge in [0.25, 0.3) is 0 Å². The number of urea groups is 1. The van der Waals surface area contributed by atoms with Crippen LogP contribution < -0.4 is 0 Å². The minimum absolute atomic E-state index is 0.00939. The van der Waals surface area contributed by atoms with Crippen LogP contribution in [0.5, 0.6) is 0 Å². The van der Waals surface area contributed by atoms with E-state index in [9.17, 15) is 18.0 Å². The second kappa shape index (κ2) is 6.64. The zero-order chi connectivity index (χ0) is 20.2. The number of aromatic nitrogens is 4. The summed E-state index contributed by atoms with van der Waals surface area (Å²) in [7, 11) is 0. The quantitative estimate of drug-likeness (QED) is 0.672. The Labute approximate surface area is 164 Å². The molecule has 0 spiro atoms. The van der Waals surface area contributed by atoms with Crippen molar-refractivity contribution in [3.8, 4) is 0 Å². The van der Waals surface area contributed by atoms with Gasteiger partial charge in [0.2, 0.25) is 0 Å². The lowest BCUT2D eigenvalue weighted by molar-refractivity contribution is -0.170. The summed E-state index contributed by atoms with van der Waals surface area (Å²) in [5, 5.41) is 0. The van der Waals surface area contributed by atoms with Crippen LogP contribution in [-0.2, 0) is 0 Å². The molecule has 3 aromatic rings. The van der Waals surface area contributed by atoms with Gasteiger partial charge >= 0.3 is 12.2 Å². The van der Waals surface area contributed by atoms with Gasteiger partial charge in [-0.15, -0.1) is 0 Å². The zero-order valence-electron chi connectivity index (χ0n) is 15.7. The largest absolute Gasteiger partial charge is 0.408 e. The van der Waals surface area contributed by atoms with E-state index in [0.717, 1.165) is 34.6 Å². The molecule has 3 aromatic heterocycles. The van der Waals surface area contributed by atoms with E-state index in [1.54, 1.807) is 17.3 Å². The predicted molar refractivity (Wildman–Crippen MR) is 99.6 cm³/mol. The molecule has 2 aliphatic heterocycles. The zero-order valence-corrected chi connectivity index (χ0v) is 15.7. The van der Waals surface area contributed by atoms with Crippen LogP contribution in [0, 0.1) is 0 Å². The summed E-state index contributed by atoms with van der Waals surface area (Å²) in [5.74, 6) is 0.00939. The van der Waals surface area contributed by atoms with Gasteiger partial charge in [0.15, 0.2) is 11.3 Å². The van der Waals surface area contributed by atoms with Crippen molar-refractivity contribution >= 4 is 22.8 Å². The summed E-state index contributed by atoms with van der Waals surface area (Å²) in [6.07, 6.45) is 2.88. The topological polar surface area (TPSA) is 69.5 Å². The van der Waals surface area contributed by atoms with Crippen LogP contribution in [0.1, 0.15) is 37.3 Å². The average molecular weight is 406 g/mol. The molecule has 0 saturated carbocycles. The normalized spacial score (nSPS) is 23.4. The molecule has 2 fully saturated rings. The molecule has 2 aliphatic rings. The van der Waals surface area contributed by atoms with Crippen LogP contribution >= 0.6 is 0 Å². The Balaban J connectivity index is 1.42. The maximum atomic E-state index is 13.3. The first-order valence-corrected chi connectivity index (χ1v) is 9.85. The van der Waals surface area contributed by atoms with Crippen LogP contribution in [0.2, 0.25) is 0 Å². The van der Waals surface area contributed by atoms with Gasteiger partial charge in [-0.2, -0.15) is 13.2 Å². The Hall–Kier alpha value is -2.78. The van der Waals surface area contributed by atoms with Crippen molar-refractivity contribution in [1.82, 2.24) is 29.2 Å². The standard InChI is InChI=1S/C19H21F3N6O/c20-19(21,22)15-4-2-8-27(15)18(29)26-7-1-3-12(11-26)14-9-24-16-10-25-17-13(28(14)16)5-6-23-17/h5-6,9-10,12,15,23H,1-4,7-8,11H2. The fraction of sp³-hybridized carbons (Fsp3) is 0.526. The number of piperidine rings is 1. The Morgan fingerprint density at radius 1 is 1.14 bits per heavy atom. The van der Waals surface area contributed by atoms with E-state index < -0.39 is 18.2 Å². The summed E-state index contributed by atoms with van der Waals surface area (Å²) >= 11 is 0. The van der Waals surface area contributed by atoms with Crippen molar-refractivity contribution in [1.29, 1.82) is 0 Å². The fourth-order valence-corrected chi connectivity index (χ4v) is 4.69. The number of imidazole rings is 1. The summed E-state index contributed by atoms with van der Waals surface area (Å²) in [5.41, 5.74) is 3.31. The molecule has 2 amide bonds. The lowest BCUT2D eigenvalue weighted by Crippen LogP contribution is -2.52. The number of hydrogen-bond acceptors (Lipinski definition) is 3. The van der Waals surface area contributed by atoms with Crippen LogP contribution in [0.15, 0.2) is 24.7 Å². The lowest BCUT2D eigenvalue weighted by atomic mass is 9.95. The Kier molecular flexibility index (Phi) is 4.18. The summed E-state index contributed by atoms with van der Waals surface area (Å²) in [4.78, 5) is 27.4. The molecular formula is C19H21F3N6O. The van der Waals surface area contributed by atoms with Crippen molar-refractivity contribution in [3.05, 3.63) is 30.4 Å². The highest BCUT2D eigenvalue weighted by atomic mass is 19.4. The molecule has 5 heterocycles. The molecule has 5 rings (SSSR count). The smallest absolute Gasteiger partial charge is 0.345 e. The number of nitrogens with one attached hydrogen (secondary N) is 1. The van der Waals surface area contributed by atoms with E-state index in [1.807, 2.05) is 16.7 Å². The van der Waals surface area contributed by atoms with Gasteiger partial charge in [0, 0.05) is 43.6 Å². The third kappa shape index (κ3) is 3.01. The fourth-order valence-electron chi connectivity index (χ4n) is 4.69. The van der Waals surface area contributed by atoms with Gasteiger partial charge in [-0.1, -0.05) is 0 Å². The monoisotopic (exact) mass is 406 g/mol. The molecule has 2 unspecified atom stereocenters. The van der Waals surface area contributed by atoms with Crippen LogP contribution in [0.25, 0.3) is 16.8 Å². The van der Waals surface area contributed by atoms with Gasteiger partial charge in [0.05, 0.1) is 11.7 Å². The van der Waals surface area contributed by atoms with Crippen molar-refractivity contribution in [2.24, 2.45) is 0 Å². The molecule has 29 heavy (non-hydrogen) atoms. The lowest BCUT2D eigenvalue weighted by Gasteiger charge is -2.37. The first-order valence-electron chi connectivity index (χ1n) is 9.85. The SMILES string of the molecule is O=C(N1CCCC(c2cnc3cnc4[nH]ccc4n23)C1)N1CCCC1C(F)(F)F. The number of aromatic amines is 1. The second-order valence-electron chi connectivity index (χ2n) is 7.81. The summed E-state index contributed by atoms with van der Waals surface area (Å²) in [6, 6.07) is -0.252.